The van der Waals surface area contributed by atoms with E-state index < -0.39 is 0 Å². The van der Waals surface area contributed by atoms with E-state index in [9.17, 15) is 4.79 Å². The van der Waals surface area contributed by atoms with Crippen molar-refractivity contribution in [3.8, 4) is 0 Å². The van der Waals surface area contributed by atoms with Gasteiger partial charge < -0.3 is 9.64 Å². The van der Waals surface area contributed by atoms with Gasteiger partial charge in [-0.05, 0) is 42.3 Å². The zero-order valence-electron chi connectivity index (χ0n) is 14.7. The quantitative estimate of drug-likeness (QED) is 0.759. The van der Waals surface area contributed by atoms with Gasteiger partial charge in [0.1, 0.15) is 0 Å². The lowest BCUT2D eigenvalue weighted by atomic mass is 10.1. The van der Waals surface area contributed by atoms with Crippen LogP contribution in [0.5, 0.6) is 0 Å². The molecule has 1 aliphatic heterocycles. The number of ether oxygens (including phenoxy) is 1. The Balaban J connectivity index is 1.52. The average Bonchev–Trinajstić information content (AvgIpc) is 3.10. The van der Waals surface area contributed by atoms with E-state index in [1.807, 2.05) is 30.3 Å². The minimum absolute atomic E-state index is 0.125. The van der Waals surface area contributed by atoms with Crippen molar-refractivity contribution in [3.05, 3.63) is 53.6 Å². The average molecular weight is 367 g/mol. The number of anilines is 2. The number of hydrogen-bond donors (Lipinski definition) is 1. The molecule has 1 aromatic heterocycles. The Hall–Kier alpha value is -2.44. The van der Waals surface area contributed by atoms with Crippen LogP contribution in [-0.2, 0) is 11.2 Å². The second-order valence-corrected chi connectivity index (χ2v) is 7.31. The van der Waals surface area contributed by atoms with Crippen LogP contribution in [0, 0.1) is 0 Å². The Morgan fingerprint density at radius 2 is 1.96 bits per heavy atom. The molecule has 5 nitrogen and oxygen atoms in total. The monoisotopic (exact) mass is 367 g/mol. The van der Waals surface area contributed by atoms with Gasteiger partial charge in [-0.15, -0.1) is 0 Å². The van der Waals surface area contributed by atoms with Gasteiger partial charge in [0.2, 0.25) is 0 Å². The summed E-state index contributed by atoms with van der Waals surface area (Å²) < 4.78 is 6.49. The molecule has 0 radical (unpaired) electrons. The molecule has 0 bridgehead atoms. The SMILES string of the molecule is CCc1ccc(C(=O)Nc2nc3ccc(N4CCOCC4)cc3s2)cc1. The number of hydrogen-bond acceptors (Lipinski definition) is 5. The first-order valence-electron chi connectivity index (χ1n) is 8.86. The maximum Gasteiger partial charge on any atom is 0.257 e. The summed E-state index contributed by atoms with van der Waals surface area (Å²) >= 11 is 1.51. The number of aromatic nitrogens is 1. The summed E-state index contributed by atoms with van der Waals surface area (Å²) in [4.78, 5) is 19.3. The molecule has 2 aromatic carbocycles. The molecule has 1 saturated heterocycles. The molecule has 134 valence electrons. The second-order valence-electron chi connectivity index (χ2n) is 6.28. The Morgan fingerprint density at radius 1 is 1.19 bits per heavy atom. The van der Waals surface area contributed by atoms with Crippen LogP contribution in [-0.4, -0.2) is 37.2 Å². The van der Waals surface area contributed by atoms with Crippen LogP contribution in [0.15, 0.2) is 42.5 Å². The highest BCUT2D eigenvalue weighted by atomic mass is 32.1. The number of carbonyl (C=O) groups excluding carboxylic acids is 1. The predicted octanol–water partition coefficient (Wildman–Crippen LogP) is 3.95. The molecular weight excluding hydrogens is 346 g/mol. The number of nitrogens with one attached hydrogen (secondary N) is 1. The largest absolute Gasteiger partial charge is 0.378 e. The Labute approximate surface area is 156 Å². The van der Waals surface area contributed by atoms with Crippen LogP contribution in [0.2, 0.25) is 0 Å². The molecule has 1 aliphatic rings. The normalized spacial score (nSPS) is 14.6. The number of fused-ring (bicyclic) bond motifs is 1. The van der Waals surface area contributed by atoms with Gasteiger partial charge in [-0.1, -0.05) is 30.4 Å². The fourth-order valence-electron chi connectivity index (χ4n) is 3.05. The molecule has 0 atom stereocenters. The van der Waals surface area contributed by atoms with Crippen molar-refractivity contribution in [3.63, 3.8) is 0 Å². The van der Waals surface area contributed by atoms with E-state index in [0.29, 0.717) is 10.7 Å². The second kappa shape index (κ2) is 7.43. The topological polar surface area (TPSA) is 54.5 Å². The van der Waals surface area contributed by atoms with Gasteiger partial charge in [-0.2, -0.15) is 0 Å². The third-order valence-electron chi connectivity index (χ3n) is 4.59. The molecule has 0 spiro atoms. The van der Waals surface area contributed by atoms with Gasteiger partial charge in [0.05, 0.1) is 23.4 Å². The molecule has 2 heterocycles. The van der Waals surface area contributed by atoms with Crippen molar-refractivity contribution >= 4 is 38.3 Å². The number of morpholine rings is 1. The van der Waals surface area contributed by atoms with E-state index in [2.05, 4.69) is 34.3 Å². The molecule has 1 amide bonds. The van der Waals surface area contributed by atoms with Crippen molar-refractivity contribution < 1.29 is 9.53 Å². The minimum atomic E-state index is -0.125. The summed E-state index contributed by atoms with van der Waals surface area (Å²) in [5.74, 6) is -0.125. The van der Waals surface area contributed by atoms with E-state index >= 15 is 0 Å². The molecule has 6 heteroatoms. The third kappa shape index (κ3) is 3.57. The lowest BCUT2D eigenvalue weighted by Gasteiger charge is -2.28. The molecular formula is C20H21N3O2S. The van der Waals surface area contributed by atoms with Crippen LogP contribution in [0.3, 0.4) is 0 Å². The predicted molar refractivity (Wildman–Crippen MR) is 106 cm³/mol. The lowest BCUT2D eigenvalue weighted by molar-refractivity contribution is 0.102. The number of carbonyl (C=O) groups is 1. The number of benzene rings is 2. The molecule has 4 rings (SSSR count). The van der Waals surface area contributed by atoms with Crippen molar-refractivity contribution in [2.75, 3.05) is 36.5 Å². The number of aryl methyl sites for hydroxylation is 1. The van der Waals surface area contributed by atoms with E-state index in [1.165, 1.54) is 22.6 Å². The Kier molecular flexibility index (Phi) is 4.86. The lowest BCUT2D eigenvalue weighted by Crippen LogP contribution is -2.36. The number of rotatable bonds is 4. The highest BCUT2D eigenvalue weighted by Gasteiger charge is 2.14. The molecule has 1 fully saturated rings. The maximum absolute atomic E-state index is 12.4. The van der Waals surface area contributed by atoms with Crippen molar-refractivity contribution in [1.82, 2.24) is 4.98 Å². The summed E-state index contributed by atoms with van der Waals surface area (Å²) in [6.07, 6.45) is 0.964. The fourth-order valence-corrected chi connectivity index (χ4v) is 3.94. The van der Waals surface area contributed by atoms with E-state index in [4.69, 9.17) is 4.74 Å². The van der Waals surface area contributed by atoms with Crippen LogP contribution in [0.4, 0.5) is 10.8 Å². The standard InChI is InChI=1S/C20H21N3O2S/c1-2-14-3-5-15(6-4-14)19(24)22-20-21-17-8-7-16(13-18(17)26-20)23-9-11-25-12-10-23/h3-8,13H,2,9-12H2,1H3,(H,21,22,24). The van der Waals surface area contributed by atoms with Crippen LogP contribution in [0.1, 0.15) is 22.8 Å². The summed E-state index contributed by atoms with van der Waals surface area (Å²) in [6.45, 7) is 5.43. The van der Waals surface area contributed by atoms with Crippen LogP contribution in [0.25, 0.3) is 10.2 Å². The van der Waals surface area contributed by atoms with Gasteiger partial charge in [-0.25, -0.2) is 4.98 Å². The van der Waals surface area contributed by atoms with E-state index in [1.54, 1.807) is 0 Å². The number of amides is 1. The molecule has 3 aromatic rings. The third-order valence-corrected chi connectivity index (χ3v) is 5.53. The van der Waals surface area contributed by atoms with E-state index in [-0.39, 0.29) is 5.91 Å². The van der Waals surface area contributed by atoms with Crippen molar-refractivity contribution in [2.45, 2.75) is 13.3 Å². The molecule has 26 heavy (non-hydrogen) atoms. The van der Waals surface area contributed by atoms with Gasteiger partial charge in [-0.3, -0.25) is 10.1 Å². The minimum Gasteiger partial charge on any atom is -0.378 e. The number of thiazole rings is 1. The van der Waals surface area contributed by atoms with E-state index in [0.717, 1.165) is 42.9 Å². The Morgan fingerprint density at radius 3 is 2.69 bits per heavy atom. The van der Waals surface area contributed by atoms with Crippen molar-refractivity contribution in [1.29, 1.82) is 0 Å². The van der Waals surface area contributed by atoms with Gasteiger partial charge >= 0.3 is 0 Å². The molecule has 1 N–H and O–H groups in total. The van der Waals surface area contributed by atoms with Gasteiger partial charge in [0, 0.05) is 24.3 Å². The van der Waals surface area contributed by atoms with Gasteiger partial charge in [0.15, 0.2) is 5.13 Å². The molecule has 0 aliphatic carbocycles. The Bertz CT molecular complexity index is 914. The highest BCUT2D eigenvalue weighted by Crippen LogP contribution is 2.30. The molecule has 0 saturated carbocycles. The van der Waals surface area contributed by atoms with Crippen molar-refractivity contribution in [2.24, 2.45) is 0 Å². The van der Waals surface area contributed by atoms with Crippen LogP contribution >= 0.6 is 11.3 Å². The summed E-state index contributed by atoms with van der Waals surface area (Å²) in [7, 11) is 0. The van der Waals surface area contributed by atoms with Gasteiger partial charge in [0.25, 0.3) is 5.91 Å². The first-order valence-corrected chi connectivity index (χ1v) is 9.68. The maximum atomic E-state index is 12.4. The zero-order valence-corrected chi connectivity index (χ0v) is 15.5. The summed E-state index contributed by atoms with van der Waals surface area (Å²) in [5.41, 5.74) is 3.95. The van der Waals surface area contributed by atoms with Crippen LogP contribution < -0.4 is 10.2 Å². The number of nitrogens with zero attached hydrogens (tertiary/aromatic N) is 2. The first-order chi connectivity index (χ1) is 12.7. The summed E-state index contributed by atoms with van der Waals surface area (Å²) in [5, 5.41) is 3.55. The fraction of sp³-hybridized carbons (Fsp3) is 0.300. The first kappa shape index (κ1) is 17.0. The zero-order chi connectivity index (χ0) is 17.9. The smallest absolute Gasteiger partial charge is 0.257 e. The summed E-state index contributed by atoms with van der Waals surface area (Å²) in [6, 6.07) is 13.9. The highest BCUT2D eigenvalue weighted by molar-refractivity contribution is 7.22. The molecule has 0 unspecified atom stereocenters.